The molecule has 0 atom stereocenters. The number of amides is 1. The smallest absolute Gasteiger partial charge is 0.263 e. The molecule has 0 saturated carbocycles. The zero-order valence-corrected chi connectivity index (χ0v) is 17.2. The Morgan fingerprint density at radius 2 is 1.62 bits per heavy atom. The average molecular weight is 433 g/mol. The highest BCUT2D eigenvalue weighted by atomic mass is 35.5. The van der Waals surface area contributed by atoms with Gasteiger partial charge in [0, 0.05) is 16.9 Å². The Labute approximate surface area is 173 Å². The Kier molecular flexibility index (Phi) is 5.91. The molecular formula is C21H18ClFN2O3S. The van der Waals surface area contributed by atoms with E-state index in [9.17, 15) is 17.6 Å². The Morgan fingerprint density at radius 1 is 0.931 bits per heavy atom. The van der Waals surface area contributed by atoms with Crippen molar-refractivity contribution in [2.45, 2.75) is 18.7 Å². The SMILES string of the molecule is Cc1cc(C)cc(NS(=O)(=O)c2cc(C(=O)Nc3cccc(F)c3)ccc2Cl)c1. The molecule has 0 fully saturated rings. The molecule has 0 aliphatic carbocycles. The molecule has 3 rings (SSSR count). The number of aryl methyl sites for hydroxylation is 2. The third-order valence-corrected chi connectivity index (χ3v) is 5.90. The van der Waals surface area contributed by atoms with E-state index in [0.717, 1.165) is 17.2 Å². The van der Waals surface area contributed by atoms with E-state index < -0.39 is 21.7 Å². The van der Waals surface area contributed by atoms with Crippen LogP contribution in [-0.2, 0) is 10.0 Å². The summed E-state index contributed by atoms with van der Waals surface area (Å²) >= 11 is 6.09. The van der Waals surface area contributed by atoms with Gasteiger partial charge in [0.1, 0.15) is 10.7 Å². The molecule has 0 radical (unpaired) electrons. The van der Waals surface area contributed by atoms with E-state index in [-0.39, 0.29) is 21.2 Å². The Morgan fingerprint density at radius 3 is 2.28 bits per heavy atom. The van der Waals surface area contributed by atoms with Crippen LogP contribution in [0.2, 0.25) is 5.02 Å². The monoisotopic (exact) mass is 432 g/mol. The van der Waals surface area contributed by atoms with Gasteiger partial charge in [-0.15, -0.1) is 0 Å². The van der Waals surface area contributed by atoms with Crippen LogP contribution in [0.15, 0.2) is 65.6 Å². The predicted molar refractivity (Wildman–Crippen MR) is 113 cm³/mol. The van der Waals surface area contributed by atoms with Crippen LogP contribution < -0.4 is 10.0 Å². The third kappa shape index (κ3) is 5.13. The lowest BCUT2D eigenvalue weighted by Crippen LogP contribution is -2.16. The normalized spacial score (nSPS) is 11.2. The molecule has 5 nitrogen and oxygen atoms in total. The highest BCUT2D eigenvalue weighted by Gasteiger charge is 2.21. The van der Waals surface area contributed by atoms with Gasteiger partial charge in [0.15, 0.2) is 0 Å². The van der Waals surface area contributed by atoms with E-state index in [0.29, 0.717) is 5.69 Å². The number of hydrogen-bond donors (Lipinski definition) is 2. The lowest BCUT2D eigenvalue weighted by Gasteiger charge is -2.12. The van der Waals surface area contributed by atoms with Crippen molar-refractivity contribution in [2.75, 3.05) is 10.0 Å². The molecule has 0 bridgehead atoms. The fourth-order valence-corrected chi connectivity index (χ4v) is 4.43. The van der Waals surface area contributed by atoms with Crippen LogP contribution in [0, 0.1) is 19.7 Å². The molecule has 0 aromatic heterocycles. The summed E-state index contributed by atoms with van der Waals surface area (Å²) in [6.45, 7) is 3.71. The molecule has 3 aromatic carbocycles. The van der Waals surface area contributed by atoms with Crippen molar-refractivity contribution in [3.8, 4) is 0 Å². The van der Waals surface area contributed by atoms with Crippen LogP contribution in [0.3, 0.4) is 0 Å². The molecule has 29 heavy (non-hydrogen) atoms. The summed E-state index contributed by atoms with van der Waals surface area (Å²) in [6.07, 6.45) is 0. The van der Waals surface area contributed by atoms with Gasteiger partial charge in [-0.1, -0.05) is 23.7 Å². The van der Waals surface area contributed by atoms with Crippen LogP contribution >= 0.6 is 11.6 Å². The van der Waals surface area contributed by atoms with E-state index in [1.807, 2.05) is 19.9 Å². The maximum Gasteiger partial charge on any atom is 0.263 e. The second kappa shape index (κ2) is 8.23. The first-order valence-electron chi connectivity index (χ1n) is 8.62. The number of sulfonamides is 1. The molecule has 8 heteroatoms. The lowest BCUT2D eigenvalue weighted by atomic mass is 10.1. The van der Waals surface area contributed by atoms with E-state index in [2.05, 4.69) is 10.0 Å². The van der Waals surface area contributed by atoms with Crippen molar-refractivity contribution < 1.29 is 17.6 Å². The summed E-state index contributed by atoms with van der Waals surface area (Å²) in [5.41, 5.74) is 2.52. The minimum atomic E-state index is -4.04. The Balaban J connectivity index is 1.90. The number of anilines is 2. The molecule has 0 saturated heterocycles. The van der Waals surface area contributed by atoms with Crippen LogP contribution in [0.1, 0.15) is 21.5 Å². The number of halogens is 2. The third-order valence-electron chi connectivity index (χ3n) is 4.04. The van der Waals surface area contributed by atoms with E-state index in [4.69, 9.17) is 11.6 Å². The van der Waals surface area contributed by atoms with Crippen molar-refractivity contribution in [2.24, 2.45) is 0 Å². The summed E-state index contributed by atoms with van der Waals surface area (Å²) in [5.74, 6) is -1.09. The number of nitrogens with one attached hydrogen (secondary N) is 2. The minimum Gasteiger partial charge on any atom is -0.322 e. The van der Waals surface area contributed by atoms with Crippen molar-refractivity contribution >= 4 is 38.9 Å². The molecule has 150 valence electrons. The van der Waals surface area contributed by atoms with Crippen LogP contribution in [-0.4, -0.2) is 14.3 Å². The molecule has 0 aliphatic heterocycles. The van der Waals surface area contributed by atoms with Crippen molar-refractivity contribution in [1.82, 2.24) is 0 Å². The van der Waals surface area contributed by atoms with Crippen LogP contribution in [0.5, 0.6) is 0 Å². The minimum absolute atomic E-state index is 0.0239. The van der Waals surface area contributed by atoms with Gasteiger partial charge < -0.3 is 5.32 Å². The predicted octanol–water partition coefficient (Wildman–Crippen LogP) is 5.15. The van der Waals surface area contributed by atoms with Gasteiger partial charge in [-0.25, -0.2) is 12.8 Å². The van der Waals surface area contributed by atoms with Gasteiger partial charge in [-0.2, -0.15) is 0 Å². The standard InChI is InChI=1S/C21H18ClFN2O3S/c1-13-8-14(2)10-18(9-13)25-29(27,28)20-11-15(6-7-19(20)22)21(26)24-17-5-3-4-16(23)12-17/h3-12,25H,1-2H3,(H,24,26). The second-order valence-corrected chi connectivity index (χ2v) is 8.65. The van der Waals surface area contributed by atoms with Crippen molar-refractivity contribution in [1.29, 1.82) is 0 Å². The first-order valence-corrected chi connectivity index (χ1v) is 10.5. The van der Waals surface area contributed by atoms with Gasteiger partial charge in [0.25, 0.3) is 15.9 Å². The molecular weight excluding hydrogens is 415 g/mol. The van der Waals surface area contributed by atoms with Crippen LogP contribution in [0.4, 0.5) is 15.8 Å². The van der Waals surface area contributed by atoms with Crippen molar-refractivity contribution in [3.05, 3.63) is 88.2 Å². The first kappa shape index (κ1) is 20.8. The molecule has 0 unspecified atom stereocenters. The zero-order chi connectivity index (χ0) is 21.2. The molecule has 0 aliphatic rings. The maximum atomic E-state index is 13.3. The fraction of sp³-hybridized carbons (Fsp3) is 0.0952. The second-order valence-electron chi connectivity index (χ2n) is 6.59. The highest BCUT2D eigenvalue weighted by Crippen LogP contribution is 2.26. The summed E-state index contributed by atoms with van der Waals surface area (Å²) < 4.78 is 41.5. The summed E-state index contributed by atoms with van der Waals surface area (Å²) in [7, 11) is -4.04. The number of carbonyl (C=O) groups excluding carboxylic acids is 1. The van der Waals surface area contributed by atoms with Gasteiger partial charge in [0.2, 0.25) is 0 Å². The molecule has 0 spiro atoms. The Hall–Kier alpha value is -2.90. The number of benzene rings is 3. The highest BCUT2D eigenvalue weighted by molar-refractivity contribution is 7.92. The van der Waals surface area contributed by atoms with Gasteiger partial charge in [-0.3, -0.25) is 9.52 Å². The quantitative estimate of drug-likeness (QED) is 0.585. The molecule has 2 N–H and O–H groups in total. The van der Waals surface area contributed by atoms with Gasteiger partial charge in [0.05, 0.1) is 5.02 Å². The van der Waals surface area contributed by atoms with E-state index in [1.165, 1.54) is 36.4 Å². The Bertz CT molecular complexity index is 1180. The van der Waals surface area contributed by atoms with Crippen LogP contribution in [0.25, 0.3) is 0 Å². The maximum absolute atomic E-state index is 13.3. The number of rotatable bonds is 5. The number of hydrogen-bond acceptors (Lipinski definition) is 3. The number of carbonyl (C=O) groups is 1. The molecule has 3 aromatic rings. The van der Waals surface area contributed by atoms with Crippen molar-refractivity contribution in [3.63, 3.8) is 0 Å². The lowest BCUT2D eigenvalue weighted by molar-refractivity contribution is 0.102. The largest absolute Gasteiger partial charge is 0.322 e. The molecule has 1 amide bonds. The van der Waals surface area contributed by atoms with Gasteiger partial charge >= 0.3 is 0 Å². The van der Waals surface area contributed by atoms with Gasteiger partial charge in [-0.05, 0) is 73.5 Å². The molecule has 0 heterocycles. The summed E-state index contributed by atoms with van der Waals surface area (Å²) in [4.78, 5) is 12.2. The van der Waals surface area contributed by atoms with E-state index in [1.54, 1.807) is 12.1 Å². The summed E-state index contributed by atoms with van der Waals surface area (Å²) in [5, 5.41) is 2.50. The average Bonchev–Trinajstić information content (AvgIpc) is 2.60. The first-order chi connectivity index (χ1) is 13.6. The zero-order valence-electron chi connectivity index (χ0n) is 15.7. The van der Waals surface area contributed by atoms with E-state index >= 15 is 0 Å². The fourth-order valence-electron chi connectivity index (χ4n) is 2.86. The topological polar surface area (TPSA) is 75.3 Å². The summed E-state index contributed by atoms with van der Waals surface area (Å²) in [6, 6.07) is 14.6.